The van der Waals surface area contributed by atoms with Crippen molar-refractivity contribution in [2.45, 2.75) is 50.6 Å². The van der Waals surface area contributed by atoms with Crippen molar-refractivity contribution >= 4 is 51.0 Å². The van der Waals surface area contributed by atoms with Crippen LogP contribution in [0.25, 0.3) is 28.1 Å². The Balaban J connectivity index is 0.819. The van der Waals surface area contributed by atoms with E-state index in [1.165, 1.54) is 33.0 Å². The molecule has 3 heterocycles. The van der Waals surface area contributed by atoms with Crippen LogP contribution in [0, 0.1) is 12.8 Å². The standard InChI is InChI=1S/C60H53N9/c1-3-56-41(2)62-68(63-56)52-35-31-50(32-36-52)66(58-21-9-14-44-12-4-6-18-54(44)58)48-27-23-42(24-28-48)46-16-8-17-47(40-46)43-25-29-49(30-26-43)67(59-22-10-15-45-13-5-7-19-55(45)59)51-33-37-53(38-34-51)69-64-57-20-11-39-61-60(57)65-69/h3-10,12-16,18-19,21-37,40,47,53-54,58H,1,11,17,20,38-39H2,2H3,(H,61,65). The second-order valence-corrected chi connectivity index (χ2v) is 18.3. The zero-order valence-corrected chi connectivity index (χ0v) is 38.7. The van der Waals surface area contributed by atoms with Crippen LogP contribution in [-0.2, 0) is 6.42 Å². The number of anilines is 5. The lowest BCUT2D eigenvalue weighted by Crippen LogP contribution is -2.37. The number of allylic oxidation sites excluding steroid dienone is 12. The molecule has 0 amide bonds. The molecule has 4 atom stereocenters. The number of nitrogens with one attached hydrogen (secondary N) is 1. The minimum atomic E-state index is 0.0693. The van der Waals surface area contributed by atoms with E-state index >= 15 is 0 Å². The Kier molecular flexibility index (Phi) is 11.0. The quantitative estimate of drug-likeness (QED) is 0.138. The van der Waals surface area contributed by atoms with Gasteiger partial charge in [0.2, 0.25) is 0 Å². The summed E-state index contributed by atoms with van der Waals surface area (Å²) in [5, 5.41) is 24.8. The first-order valence-electron chi connectivity index (χ1n) is 24.2. The van der Waals surface area contributed by atoms with Crippen LogP contribution in [0.3, 0.4) is 0 Å². The number of aromatic nitrogens is 6. The van der Waals surface area contributed by atoms with Gasteiger partial charge in [0.05, 0.1) is 29.2 Å². The molecule has 0 radical (unpaired) electrons. The van der Waals surface area contributed by atoms with Crippen molar-refractivity contribution in [2.75, 3.05) is 21.7 Å². The Morgan fingerprint density at radius 1 is 0.739 bits per heavy atom. The van der Waals surface area contributed by atoms with Gasteiger partial charge in [0.1, 0.15) is 11.4 Å². The summed E-state index contributed by atoms with van der Waals surface area (Å²) in [6.45, 7) is 6.81. The maximum atomic E-state index is 4.87. The summed E-state index contributed by atoms with van der Waals surface area (Å²) < 4.78 is 0. The van der Waals surface area contributed by atoms with Crippen molar-refractivity contribution < 1.29 is 0 Å². The van der Waals surface area contributed by atoms with Crippen molar-refractivity contribution in [2.24, 2.45) is 5.92 Å². The van der Waals surface area contributed by atoms with Gasteiger partial charge in [-0.15, -0.1) is 10.2 Å². The van der Waals surface area contributed by atoms with E-state index in [0.717, 1.165) is 89.3 Å². The third-order valence-electron chi connectivity index (χ3n) is 14.1. The first kappa shape index (κ1) is 42.1. The smallest absolute Gasteiger partial charge is 0.171 e. The highest BCUT2D eigenvalue weighted by atomic mass is 15.5. The molecule has 4 aliphatic carbocycles. The average Bonchev–Trinajstić information content (AvgIpc) is 4.03. The Labute approximate surface area is 403 Å². The van der Waals surface area contributed by atoms with Gasteiger partial charge in [-0.3, -0.25) is 0 Å². The SMILES string of the molecule is C=Cc1nn(-c2ccc(N(c3ccc(C4=CC(c5ccc(N(C6=CCC(n7nc8c(n7)NCCC8)C=C6)c6cccc7ccccc67)cc5)CC=C4)cc3)C3C=CC=C4C=CC=CC43)cc2)nc1C. The Hall–Kier alpha value is -8.30. The maximum absolute atomic E-state index is 4.87. The molecule has 0 spiro atoms. The summed E-state index contributed by atoms with van der Waals surface area (Å²) in [5.74, 6) is 1.39. The Morgan fingerprint density at radius 3 is 2.35 bits per heavy atom. The van der Waals surface area contributed by atoms with E-state index in [4.69, 9.17) is 10.2 Å². The normalized spacial score (nSPS) is 20.1. The van der Waals surface area contributed by atoms with Crippen molar-refractivity contribution in [1.29, 1.82) is 0 Å². The van der Waals surface area contributed by atoms with Crippen molar-refractivity contribution in [3.63, 3.8) is 0 Å². The lowest BCUT2D eigenvalue weighted by atomic mass is 9.83. The molecule has 2 aromatic heterocycles. The van der Waals surface area contributed by atoms with Crippen LogP contribution < -0.4 is 15.1 Å². The molecule has 12 rings (SSSR count). The lowest BCUT2D eigenvalue weighted by Gasteiger charge is -2.38. The molecule has 0 saturated carbocycles. The maximum Gasteiger partial charge on any atom is 0.171 e. The van der Waals surface area contributed by atoms with Gasteiger partial charge in [-0.2, -0.15) is 19.8 Å². The fraction of sp³-hybridized carbons (Fsp3) is 0.167. The largest absolute Gasteiger partial charge is 0.367 e. The molecule has 5 aliphatic rings. The molecule has 0 saturated heterocycles. The zero-order valence-electron chi connectivity index (χ0n) is 38.7. The molecule has 69 heavy (non-hydrogen) atoms. The number of fused-ring (bicyclic) bond motifs is 3. The molecule has 0 fully saturated rings. The van der Waals surface area contributed by atoms with E-state index in [1.54, 1.807) is 10.9 Å². The molecule has 4 unspecified atom stereocenters. The van der Waals surface area contributed by atoms with E-state index in [2.05, 4.69) is 226 Å². The summed E-state index contributed by atoms with van der Waals surface area (Å²) in [5.41, 5.74) is 14.3. The molecule has 338 valence electrons. The molecule has 9 nitrogen and oxygen atoms in total. The average molecular weight is 900 g/mol. The third kappa shape index (κ3) is 8.09. The first-order chi connectivity index (χ1) is 34.0. The van der Waals surface area contributed by atoms with Crippen molar-refractivity contribution in [3.05, 3.63) is 240 Å². The summed E-state index contributed by atoms with van der Waals surface area (Å²) >= 11 is 0. The first-order valence-corrected chi connectivity index (χ1v) is 24.2. The zero-order chi connectivity index (χ0) is 46.3. The van der Waals surface area contributed by atoms with Gasteiger partial charge in [-0.1, -0.05) is 140 Å². The van der Waals surface area contributed by atoms with Gasteiger partial charge in [0, 0.05) is 46.5 Å². The van der Waals surface area contributed by atoms with Crippen LogP contribution in [0.1, 0.15) is 59.4 Å². The number of nitrogens with zero attached hydrogens (tertiary/aromatic N) is 8. The molecular formula is C60H53N9. The van der Waals surface area contributed by atoms with Gasteiger partial charge in [-0.25, -0.2) is 0 Å². The van der Waals surface area contributed by atoms with Gasteiger partial charge in [0.25, 0.3) is 0 Å². The summed E-state index contributed by atoms with van der Waals surface area (Å²) in [4.78, 5) is 8.44. The lowest BCUT2D eigenvalue weighted by molar-refractivity contribution is 0.471. The van der Waals surface area contributed by atoms with Crippen LogP contribution >= 0.6 is 0 Å². The predicted molar refractivity (Wildman–Crippen MR) is 282 cm³/mol. The van der Waals surface area contributed by atoms with Gasteiger partial charge < -0.3 is 15.1 Å². The molecule has 9 heteroatoms. The fourth-order valence-corrected chi connectivity index (χ4v) is 10.5. The predicted octanol–water partition coefficient (Wildman–Crippen LogP) is 13.4. The topological polar surface area (TPSA) is 79.9 Å². The van der Waals surface area contributed by atoms with E-state index in [-0.39, 0.29) is 23.9 Å². The summed E-state index contributed by atoms with van der Waals surface area (Å²) in [6, 6.07) is 42.2. The number of benzene rings is 5. The highest BCUT2D eigenvalue weighted by Crippen LogP contribution is 2.42. The van der Waals surface area contributed by atoms with E-state index in [1.807, 2.05) is 11.7 Å². The molecule has 0 bridgehead atoms. The second kappa shape index (κ2) is 18.1. The molecular weight excluding hydrogens is 847 g/mol. The number of aryl methyl sites for hydroxylation is 2. The molecule has 1 N–H and O–H groups in total. The summed E-state index contributed by atoms with van der Waals surface area (Å²) in [6.07, 6.45) is 35.0. The molecule has 5 aromatic carbocycles. The van der Waals surface area contributed by atoms with Crippen LogP contribution in [0.4, 0.5) is 28.6 Å². The highest BCUT2D eigenvalue weighted by molar-refractivity contribution is 5.97. The number of hydrogen-bond donors (Lipinski definition) is 1. The van der Waals surface area contributed by atoms with Crippen LogP contribution in [-0.4, -0.2) is 42.6 Å². The van der Waals surface area contributed by atoms with Crippen LogP contribution in [0.15, 0.2) is 212 Å². The van der Waals surface area contributed by atoms with E-state index < -0.39 is 0 Å². The minimum Gasteiger partial charge on any atom is -0.367 e. The monoisotopic (exact) mass is 899 g/mol. The van der Waals surface area contributed by atoms with Gasteiger partial charge in [-0.05, 0) is 127 Å². The van der Waals surface area contributed by atoms with Gasteiger partial charge >= 0.3 is 0 Å². The van der Waals surface area contributed by atoms with Crippen molar-refractivity contribution in [3.8, 4) is 5.69 Å². The number of hydrogen-bond acceptors (Lipinski definition) is 7. The van der Waals surface area contributed by atoms with Gasteiger partial charge in [0.15, 0.2) is 5.82 Å². The van der Waals surface area contributed by atoms with E-state index in [0.29, 0.717) is 0 Å². The second-order valence-electron chi connectivity index (χ2n) is 18.3. The third-order valence-corrected chi connectivity index (χ3v) is 14.1. The molecule has 1 aliphatic heterocycles. The summed E-state index contributed by atoms with van der Waals surface area (Å²) in [7, 11) is 0. The van der Waals surface area contributed by atoms with E-state index in [9.17, 15) is 0 Å². The Bertz CT molecular complexity index is 3310. The number of rotatable bonds is 11. The Morgan fingerprint density at radius 2 is 1.55 bits per heavy atom. The minimum absolute atomic E-state index is 0.0693. The van der Waals surface area contributed by atoms with Crippen LogP contribution in [0.5, 0.6) is 0 Å². The van der Waals surface area contributed by atoms with Crippen LogP contribution in [0.2, 0.25) is 0 Å². The molecule has 7 aromatic rings. The van der Waals surface area contributed by atoms with Crippen molar-refractivity contribution in [1.82, 2.24) is 30.0 Å². The fourth-order valence-electron chi connectivity index (χ4n) is 10.5. The highest BCUT2D eigenvalue weighted by Gasteiger charge is 2.30.